The van der Waals surface area contributed by atoms with Gasteiger partial charge in [0.05, 0.1) is 16.5 Å². The van der Waals surface area contributed by atoms with Crippen LogP contribution in [0.15, 0.2) is 54.7 Å². The molecule has 0 aliphatic rings. The largest absolute Gasteiger partial charge is 0.372 e. The first-order valence-electron chi connectivity index (χ1n) is 8.07. The molecule has 0 unspecified atom stereocenters. The highest BCUT2D eigenvalue weighted by atomic mass is 32.1. The molecular weight excluding hydrogens is 314 g/mol. The molecule has 0 N–H and O–H groups in total. The fourth-order valence-corrected chi connectivity index (χ4v) is 3.58. The van der Waals surface area contributed by atoms with Gasteiger partial charge in [-0.05, 0) is 55.8 Å². The standard InChI is InChI=1S/C20H19N3S/c1-3-23(4-2)18-11-9-17(10-12-18)20-22-14-19(24-20)16-7-5-15(13-21)6-8-16/h5-12,14H,3-4H2,1-2H3. The first-order chi connectivity index (χ1) is 11.7. The van der Waals surface area contributed by atoms with Crippen molar-refractivity contribution in [1.82, 2.24) is 4.98 Å². The van der Waals surface area contributed by atoms with Gasteiger partial charge in [0.25, 0.3) is 0 Å². The van der Waals surface area contributed by atoms with Crippen molar-refractivity contribution in [2.45, 2.75) is 13.8 Å². The molecule has 24 heavy (non-hydrogen) atoms. The minimum absolute atomic E-state index is 0.676. The zero-order valence-electron chi connectivity index (χ0n) is 13.9. The molecule has 4 heteroatoms. The lowest BCUT2D eigenvalue weighted by atomic mass is 10.1. The molecule has 3 rings (SSSR count). The van der Waals surface area contributed by atoms with Crippen LogP contribution in [0, 0.1) is 11.3 Å². The van der Waals surface area contributed by atoms with Crippen LogP contribution in [0.1, 0.15) is 19.4 Å². The van der Waals surface area contributed by atoms with Gasteiger partial charge in [-0.3, -0.25) is 0 Å². The molecule has 0 saturated carbocycles. The molecule has 0 spiro atoms. The van der Waals surface area contributed by atoms with Gasteiger partial charge in [-0.25, -0.2) is 4.98 Å². The maximum atomic E-state index is 8.89. The molecule has 0 aliphatic heterocycles. The molecule has 0 aliphatic carbocycles. The SMILES string of the molecule is CCN(CC)c1ccc(-c2ncc(-c3ccc(C#N)cc3)s2)cc1. The Hall–Kier alpha value is -2.64. The van der Waals surface area contributed by atoms with Gasteiger partial charge < -0.3 is 4.90 Å². The quantitative estimate of drug-likeness (QED) is 0.644. The van der Waals surface area contributed by atoms with Crippen LogP contribution in [0.5, 0.6) is 0 Å². The van der Waals surface area contributed by atoms with Crippen molar-refractivity contribution in [2.75, 3.05) is 18.0 Å². The van der Waals surface area contributed by atoms with Crippen LogP contribution in [0.25, 0.3) is 21.0 Å². The molecule has 1 heterocycles. The van der Waals surface area contributed by atoms with Crippen molar-refractivity contribution < 1.29 is 0 Å². The smallest absolute Gasteiger partial charge is 0.123 e. The van der Waals surface area contributed by atoms with E-state index in [0.29, 0.717) is 5.56 Å². The van der Waals surface area contributed by atoms with E-state index in [0.717, 1.165) is 34.1 Å². The molecule has 0 amide bonds. The minimum Gasteiger partial charge on any atom is -0.372 e. The summed E-state index contributed by atoms with van der Waals surface area (Å²) in [5, 5.41) is 9.90. The molecule has 0 radical (unpaired) electrons. The van der Waals surface area contributed by atoms with Crippen molar-refractivity contribution in [1.29, 1.82) is 5.26 Å². The van der Waals surface area contributed by atoms with Crippen LogP contribution >= 0.6 is 11.3 Å². The fourth-order valence-electron chi connectivity index (χ4n) is 2.65. The van der Waals surface area contributed by atoms with Crippen LogP contribution in [0.3, 0.4) is 0 Å². The third-order valence-corrected chi connectivity index (χ3v) is 5.14. The average Bonchev–Trinajstić information content (AvgIpc) is 3.13. The zero-order chi connectivity index (χ0) is 16.9. The highest BCUT2D eigenvalue weighted by molar-refractivity contribution is 7.18. The number of hydrogen-bond donors (Lipinski definition) is 0. The number of hydrogen-bond acceptors (Lipinski definition) is 4. The number of aromatic nitrogens is 1. The van der Waals surface area contributed by atoms with Gasteiger partial charge in [-0.1, -0.05) is 12.1 Å². The summed E-state index contributed by atoms with van der Waals surface area (Å²) in [4.78, 5) is 8.00. The molecule has 120 valence electrons. The number of anilines is 1. The van der Waals surface area contributed by atoms with Crippen molar-refractivity contribution in [3.63, 3.8) is 0 Å². The normalized spacial score (nSPS) is 10.4. The molecule has 0 bridgehead atoms. The topological polar surface area (TPSA) is 39.9 Å². The second kappa shape index (κ2) is 7.29. The van der Waals surface area contributed by atoms with E-state index in [1.54, 1.807) is 11.3 Å². The van der Waals surface area contributed by atoms with Gasteiger partial charge in [0.1, 0.15) is 5.01 Å². The zero-order valence-corrected chi connectivity index (χ0v) is 14.7. The third kappa shape index (κ3) is 3.32. The highest BCUT2D eigenvalue weighted by Crippen LogP contribution is 2.32. The maximum Gasteiger partial charge on any atom is 0.123 e. The molecule has 3 nitrogen and oxygen atoms in total. The Morgan fingerprint density at radius 1 is 0.958 bits per heavy atom. The molecule has 1 aromatic heterocycles. The summed E-state index contributed by atoms with van der Waals surface area (Å²) in [6, 6.07) is 18.4. The van der Waals surface area contributed by atoms with Crippen LogP contribution in [-0.4, -0.2) is 18.1 Å². The van der Waals surface area contributed by atoms with Crippen LogP contribution < -0.4 is 4.90 Å². The molecule has 0 saturated heterocycles. The van der Waals surface area contributed by atoms with Gasteiger partial charge in [-0.15, -0.1) is 11.3 Å². The monoisotopic (exact) mass is 333 g/mol. The molecule has 2 aromatic carbocycles. The van der Waals surface area contributed by atoms with E-state index in [9.17, 15) is 0 Å². The Labute approximate surface area is 146 Å². The number of rotatable bonds is 5. The first kappa shape index (κ1) is 16.2. The Balaban J connectivity index is 1.83. The van der Waals surface area contributed by atoms with E-state index in [1.807, 2.05) is 30.5 Å². The van der Waals surface area contributed by atoms with Crippen molar-refractivity contribution in [3.05, 3.63) is 60.3 Å². The van der Waals surface area contributed by atoms with E-state index < -0.39 is 0 Å². The van der Waals surface area contributed by atoms with E-state index in [-0.39, 0.29) is 0 Å². The summed E-state index contributed by atoms with van der Waals surface area (Å²) in [5.74, 6) is 0. The van der Waals surface area contributed by atoms with E-state index in [2.05, 4.69) is 54.1 Å². The summed E-state index contributed by atoms with van der Waals surface area (Å²) < 4.78 is 0. The van der Waals surface area contributed by atoms with E-state index in [4.69, 9.17) is 5.26 Å². The van der Waals surface area contributed by atoms with E-state index >= 15 is 0 Å². The number of nitriles is 1. The lowest BCUT2D eigenvalue weighted by Crippen LogP contribution is -2.21. The minimum atomic E-state index is 0.676. The predicted octanol–water partition coefficient (Wildman–Crippen LogP) is 5.19. The fraction of sp³-hybridized carbons (Fsp3) is 0.200. The van der Waals surface area contributed by atoms with Gasteiger partial charge in [-0.2, -0.15) is 5.26 Å². The summed E-state index contributed by atoms with van der Waals surface area (Å²) in [6.07, 6.45) is 1.90. The summed E-state index contributed by atoms with van der Waals surface area (Å²) in [7, 11) is 0. The van der Waals surface area contributed by atoms with Gasteiger partial charge in [0, 0.05) is 30.5 Å². The Kier molecular flexibility index (Phi) is 4.93. The molecule has 3 aromatic rings. The van der Waals surface area contributed by atoms with Gasteiger partial charge in [0.15, 0.2) is 0 Å². The van der Waals surface area contributed by atoms with Crippen molar-refractivity contribution in [2.24, 2.45) is 0 Å². The number of benzene rings is 2. The highest BCUT2D eigenvalue weighted by Gasteiger charge is 2.08. The van der Waals surface area contributed by atoms with E-state index in [1.165, 1.54) is 5.69 Å². The van der Waals surface area contributed by atoms with Crippen LogP contribution in [-0.2, 0) is 0 Å². The van der Waals surface area contributed by atoms with Gasteiger partial charge in [0.2, 0.25) is 0 Å². The van der Waals surface area contributed by atoms with Gasteiger partial charge >= 0.3 is 0 Å². The maximum absolute atomic E-state index is 8.89. The second-order valence-corrected chi connectivity index (χ2v) is 6.47. The van der Waals surface area contributed by atoms with Crippen molar-refractivity contribution in [3.8, 4) is 27.1 Å². The third-order valence-electron chi connectivity index (χ3n) is 4.05. The number of nitrogens with zero attached hydrogens (tertiary/aromatic N) is 3. The molecular formula is C20H19N3S. The molecule has 0 fully saturated rings. The molecule has 0 atom stereocenters. The summed E-state index contributed by atoms with van der Waals surface area (Å²) in [6.45, 7) is 6.36. The second-order valence-electron chi connectivity index (χ2n) is 5.44. The Morgan fingerprint density at radius 3 is 2.17 bits per heavy atom. The summed E-state index contributed by atoms with van der Waals surface area (Å²) in [5.41, 5.74) is 4.15. The average molecular weight is 333 g/mol. The first-order valence-corrected chi connectivity index (χ1v) is 8.88. The Morgan fingerprint density at radius 2 is 1.58 bits per heavy atom. The van der Waals surface area contributed by atoms with Crippen molar-refractivity contribution >= 4 is 17.0 Å². The lowest BCUT2D eigenvalue weighted by molar-refractivity contribution is 0.866. The predicted molar refractivity (Wildman–Crippen MR) is 101 cm³/mol. The van der Waals surface area contributed by atoms with Crippen LogP contribution in [0.2, 0.25) is 0 Å². The van der Waals surface area contributed by atoms with Crippen LogP contribution in [0.4, 0.5) is 5.69 Å². The lowest BCUT2D eigenvalue weighted by Gasteiger charge is -2.20. The summed E-state index contributed by atoms with van der Waals surface area (Å²) >= 11 is 1.67. The number of thiazole rings is 1. The Bertz CT molecular complexity index is 838.